The van der Waals surface area contributed by atoms with E-state index in [9.17, 15) is 9.59 Å². The maximum atomic E-state index is 11.7. The van der Waals surface area contributed by atoms with Gasteiger partial charge in [-0.3, -0.25) is 9.59 Å². The summed E-state index contributed by atoms with van der Waals surface area (Å²) in [6, 6.07) is 8.29. The van der Waals surface area contributed by atoms with E-state index < -0.39 is 5.97 Å². The highest BCUT2D eigenvalue weighted by Crippen LogP contribution is 2.14. The van der Waals surface area contributed by atoms with Crippen molar-refractivity contribution in [2.75, 3.05) is 0 Å². The molecule has 124 valence electrons. The van der Waals surface area contributed by atoms with Crippen LogP contribution in [0.25, 0.3) is 0 Å². The van der Waals surface area contributed by atoms with Gasteiger partial charge >= 0.3 is 11.9 Å². The number of carbonyl (C=O) groups excluding carboxylic acids is 2. The lowest BCUT2D eigenvalue weighted by molar-refractivity contribution is -0.151. The summed E-state index contributed by atoms with van der Waals surface area (Å²) >= 11 is 0. The molecule has 1 atom stereocenters. The van der Waals surface area contributed by atoms with Crippen LogP contribution >= 0.6 is 0 Å². The highest BCUT2D eigenvalue weighted by Gasteiger charge is 2.16. The highest BCUT2D eigenvalue weighted by atomic mass is 16.5. The first kappa shape index (κ1) is 18.7. The van der Waals surface area contributed by atoms with E-state index in [1.54, 1.807) is 24.3 Å². The fraction of sp³-hybridized carbons (Fsp3) is 0.500. The van der Waals surface area contributed by atoms with Crippen molar-refractivity contribution in [3.63, 3.8) is 0 Å². The molecule has 1 unspecified atom stereocenters. The number of hydrogen-bond acceptors (Lipinski definition) is 5. The lowest BCUT2D eigenvalue weighted by Gasteiger charge is -2.19. The predicted molar refractivity (Wildman–Crippen MR) is 85.7 cm³/mol. The second kappa shape index (κ2) is 9.62. The molecule has 5 nitrogen and oxygen atoms in total. The van der Waals surface area contributed by atoms with E-state index in [0.29, 0.717) is 17.7 Å². The van der Waals surface area contributed by atoms with Gasteiger partial charge in [0, 0.05) is 12.8 Å². The fourth-order valence-electron chi connectivity index (χ4n) is 2.08. The van der Waals surface area contributed by atoms with Crippen LogP contribution in [0.1, 0.15) is 52.0 Å². The summed E-state index contributed by atoms with van der Waals surface area (Å²) < 4.78 is 10.5. The number of benzene rings is 1. The van der Waals surface area contributed by atoms with Crippen LogP contribution in [-0.2, 0) is 14.3 Å². The van der Waals surface area contributed by atoms with Gasteiger partial charge in [0.05, 0.1) is 11.6 Å². The van der Waals surface area contributed by atoms with E-state index in [2.05, 4.69) is 0 Å². The number of rotatable bonds is 8. The zero-order valence-electron chi connectivity index (χ0n) is 13.9. The molecule has 0 N–H and O–H groups in total. The molecule has 0 saturated carbocycles. The topological polar surface area (TPSA) is 76.4 Å². The molecular formula is C18H23NO4. The third-order valence-electron chi connectivity index (χ3n) is 3.41. The zero-order valence-corrected chi connectivity index (χ0v) is 13.9. The van der Waals surface area contributed by atoms with E-state index in [1.165, 1.54) is 0 Å². The minimum atomic E-state index is -0.404. The molecule has 0 radical (unpaired) electrons. The van der Waals surface area contributed by atoms with Gasteiger partial charge in [-0.05, 0) is 43.0 Å². The SMILES string of the molecule is CCC(OC(=O)CCCC(=O)Oc1ccc(C#N)cc1)C(C)C. The Labute approximate surface area is 137 Å². The normalized spacial score (nSPS) is 11.6. The molecule has 0 spiro atoms. The summed E-state index contributed by atoms with van der Waals surface area (Å²) in [5.41, 5.74) is 0.503. The van der Waals surface area contributed by atoms with Crippen molar-refractivity contribution in [1.82, 2.24) is 0 Å². The Morgan fingerprint density at radius 3 is 2.26 bits per heavy atom. The standard InChI is InChI=1S/C18H23NO4/c1-4-16(13(2)3)23-18(21)7-5-6-17(20)22-15-10-8-14(12-19)9-11-15/h8-11,13,16H,4-7H2,1-3H3. The van der Waals surface area contributed by atoms with Crippen LogP contribution in [0, 0.1) is 17.2 Å². The molecule has 5 heteroatoms. The van der Waals surface area contributed by atoms with Crippen LogP contribution in [0.3, 0.4) is 0 Å². The Morgan fingerprint density at radius 2 is 1.74 bits per heavy atom. The second-order valence-electron chi connectivity index (χ2n) is 5.64. The van der Waals surface area contributed by atoms with Crippen molar-refractivity contribution in [3.05, 3.63) is 29.8 Å². The van der Waals surface area contributed by atoms with Crippen molar-refractivity contribution in [1.29, 1.82) is 5.26 Å². The van der Waals surface area contributed by atoms with Crippen molar-refractivity contribution >= 4 is 11.9 Å². The highest BCUT2D eigenvalue weighted by molar-refractivity contribution is 5.74. The molecular weight excluding hydrogens is 294 g/mol. The minimum Gasteiger partial charge on any atom is -0.462 e. The van der Waals surface area contributed by atoms with Gasteiger partial charge in [-0.15, -0.1) is 0 Å². The van der Waals surface area contributed by atoms with Gasteiger partial charge < -0.3 is 9.47 Å². The maximum Gasteiger partial charge on any atom is 0.311 e. The van der Waals surface area contributed by atoms with Gasteiger partial charge in [0.25, 0.3) is 0 Å². The van der Waals surface area contributed by atoms with Crippen LogP contribution < -0.4 is 4.74 Å². The quantitative estimate of drug-likeness (QED) is 0.540. The van der Waals surface area contributed by atoms with Gasteiger partial charge in [-0.2, -0.15) is 5.26 Å². The number of hydrogen-bond donors (Lipinski definition) is 0. The largest absolute Gasteiger partial charge is 0.462 e. The first-order chi connectivity index (χ1) is 11.0. The third kappa shape index (κ3) is 6.96. The van der Waals surface area contributed by atoms with Crippen LogP contribution in [0.4, 0.5) is 0 Å². The van der Waals surface area contributed by atoms with Crippen molar-refractivity contribution < 1.29 is 19.1 Å². The van der Waals surface area contributed by atoms with E-state index in [0.717, 1.165) is 6.42 Å². The molecule has 1 aromatic carbocycles. The predicted octanol–water partition coefficient (Wildman–Crippen LogP) is 3.61. The fourth-order valence-corrected chi connectivity index (χ4v) is 2.08. The summed E-state index contributed by atoms with van der Waals surface area (Å²) in [4.78, 5) is 23.4. The summed E-state index contributed by atoms with van der Waals surface area (Å²) in [7, 11) is 0. The summed E-state index contributed by atoms with van der Waals surface area (Å²) in [6.45, 7) is 6.00. The molecule has 0 aliphatic carbocycles. The molecule has 0 bridgehead atoms. The molecule has 1 rings (SSSR count). The van der Waals surface area contributed by atoms with Crippen LogP contribution in [0.5, 0.6) is 5.75 Å². The molecule has 0 aromatic heterocycles. The van der Waals surface area contributed by atoms with Crippen molar-refractivity contribution in [2.45, 2.75) is 52.6 Å². The minimum absolute atomic E-state index is 0.0758. The van der Waals surface area contributed by atoms with E-state index in [-0.39, 0.29) is 30.8 Å². The first-order valence-electron chi connectivity index (χ1n) is 7.86. The van der Waals surface area contributed by atoms with E-state index >= 15 is 0 Å². The van der Waals surface area contributed by atoms with Gasteiger partial charge in [-0.1, -0.05) is 20.8 Å². The number of esters is 2. The molecule has 0 fully saturated rings. The molecule has 0 amide bonds. The molecule has 0 heterocycles. The Balaban J connectivity index is 2.30. The number of carbonyl (C=O) groups is 2. The third-order valence-corrected chi connectivity index (χ3v) is 3.41. The van der Waals surface area contributed by atoms with Gasteiger partial charge in [0.15, 0.2) is 0 Å². The second-order valence-corrected chi connectivity index (χ2v) is 5.64. The Hall–Kier alpha value is -2.35. The smallest absolute Gasteiger partial charge is 0.311 e. The monoisotopic (exact) mass is 317 g/mol. The van der Waals surface area contributed by atoms with Gasteiger partial charge in [-0.25, -0.2) is 0 Å². The van der Waals surface area contributed by atoms with Crippen molar-refractivity contribution in [2.24, 2.45) is 5.92 Å². The Bertz CT molecular complexity index is 557. The Kier molecular flexibility index (Phi) is 7.82. The lowest BCUT2D eigenvalue weighted by atomic mass is 10.1. The number of nitrogens with zero attached hydrogens (tertiary/aromatic N) is 1. The van der Waals surface area contributed by atoms with Crippen LogP contribution in [0.15, 0.2) is 24.3 Å². The average Bonchev–Trinajstić information content (AvgIpc) is 2.53. The molecule has 0 saturated heterocycles. The molecule has 0 aliphatic heterocycles. The summed E-state index contributed by atoms with van der Waals surface area (Å²) in [5.74, 6) is -0.0112. The molecule has 0 aliphatic rings. The van der Waals surface area contributed by atoms with Gasteiger partial charge in [0.2, 0.25) is 0 Å². The number of nitriles is 1. The van der Waals surface area contributed by atoms with E-state index in [4.69, 9.17) is 14.7 Å². The average molecular weight is 317 g/mol. The van der Waals surface area contributed by atoms with Crippen molar-refractivity contribution in [3.8, 4) is 11.8 Å². The summed E-state index contributed by atoms with van der Waals surface area (Å²) in [5, 5.41) is 8.69. The van der Waals surface area contributed by atoms with Gasteiger partial charge in [0.1, 0.15) is 11.9 Å². The lowest BCUT2D eigenvalue weighted by Crippen LogP contribution is -2.22. The number of ether oxygens (including phenoxy) is 2. The zero-order chi connectivity index (χ0) is 17.2. The Morgan fingerprint density at radius 1 is 1.13 bits per heavy atom. The van der Waals surface area contributed by atoms with Crippen LogP contribution in [-0.4, -0.2) is 18.0 Å². The molecule has 1 aromatic rings. The molecule has 23 heavy (non-hydrogen) atoms. The summed E-state index contributed by atoms with van der Waals surface area (Å²) in [6.07, 6.45) is 1.44. The maximum absolute atomic E-state index is 11.7. The van der Waals surface area contributed by atoms with Crippen LogP contribution in [0.2, 0.25) is 0 Å². The van der Waals surface area contributed by atoms with E-state index in [1.807, 2.05) is 26.8 Å². The first-order valence-corrected chi connectivity index (χ1v) is 7.86.